The number of ether oxygens (including phenoxy) is 1. The van der Waals surface area contributed by atoms with Crippen molar-refractivity contribution in [2.75, 3.05) is 24.4 Å². The number of benzene rings is 2. The van der Waals surface area contributed by atoms with Crippen molar-refractivity contribution in [1.29, 1.82) is 0 Å². The van der Waals surface area contributed by atoms with Gasteiger partial charge in [-0.15, -0.1) is 0 Å². The number of aromatic amines is 1. The number of imidazole rings is 1. The van der Waals surface area contributed by atoms with Crippen LogP contribution < -0.4 is 15.4 Å². The number of anilines is 1. The summed E-state index contributed by atoms with van der Waals surface area (Å²) in [6.07, 6.45) is 2.83. The van der Waals surface area contributed by atoms with E-state index in [0.29, 0.717) is 11.4 Å². The second kappa shape index (κ2) is 8.62. The number of nitrogens with zero attached hydrogens (tertiary/aromatic N) is 1. The summed E-state index contributed by atoms with van der Waals surface area (Å²) in [5.74, 6) is 2.38. The molecule has 6 nitrogen and oxygen atoms in total. The highest BCUT2D eigenvalue weighted by Crippen LogP contribution is 2.21. The number of nitrogens with one attached hydrogen (secondary N) is 3. The van der Waals surface area contributed by atoms with Crippen molar-refractivity contribution in [2.24, 2.45) is 0 Å². The second-order valence-corrected chi connectivity index (χ2v) is 6.79. The summed E-state index contributed by atoms with van der Waals surface area (Å²) in [5.41, 5.74) is 2.54. The standard InChI is InChI=1S/C19H22N4O2S/c1-25-14-7-5-6-13(12-14)20-19(24)23-17(10-11-26-2)18-21-15-8-3-4-9-16(15)22-18/h3-9,12,17H,10-11H2,1-2H3,(H,21,22)(H2,20,23,24)/t17-/m1/s1. The van der Waals surface area contributed by atoms with Gasteiger partial charge >= 0.3 is 6.03 Å². The number of rotatable bonds is 7. The molecule has 1 heterocycles. The molecule has 0 aliphatic carbocycles. The number of hydrogen-bond donors (Lipinski definition) is 3. The van der Waals surface area contributed by atoms with Crippen LogP contribution >= 0.6 is 11.8 Å². The van der Waals surface area contributed by atoms with Gasteiger partial charge in [0.05, 0.1) is 24.2 Å². The first-order valence-electron chi connectivity index (χ1n) is 8.34. The van der Waals surface area contributed by atoms with Crippen LogP contribution in [0.15, 0.2) is 48.5 Å². The van der Waals surface area contributed by atoms with Gasteiger partial charge in [0.1, 0.15) is 11.6 Å². The van der Waals surface area contributed by atoms with Crippen molar-refractivity contribution in [3.63, 3.8) is 0 Å². The number of fused-ring (bicyclic) bond motifs is 1. The molecule has 0 aliphatic rings. The average molecular weight is 370 g/mol. The predicted molar refractivity (Wildman–Crippen MR) is 107 cm³/mol. The zero-order valence-electron chi connectivity index (χ0n) is 14.8. The van der Waals surface area contributed by atoms with Gasteiger partial charge in [-0.05, 0) is 42.7 Å². The van der Waals surface area contributed by atoms with E-state index in [1.54, 1.807) is 24.9 Å². The maximum absolute atomic E-state index is 12.5. The Labute approximate surface area is 156 Å². The molecule has 7 heteroatoms. The fraction of sp³-hybridized carbons (Fsp3) is 0.263. The number of carbonyl (C=O) groups is 1. The molecule has 0 spiro atoms. The Balaban J connectivity index is 1.73. The lowest BCUT2D eigenvalue weighted by atomic mass is 10.2. The maximum atomic E-state index is 12.5. The molecule has 3 rings (SSSR count). The van der Waals surface area contributed by atoms with E-state index in [-0.39, 0.29) is 12.1 Å². The minimum absolute atomic E-state index is 0.194. The summed E-state index contributed by atoms with van der Waals surface area (Å²) < 4.78 is 5.18. The number of carbonyl (C=O) groups excluding carboxylic acids is 1. The lowest BCUT2D eigenvalue weighted by Crippen LogP contribution is -2.33. The van der Waals surface area contributed by atoms with Crippen molar-refractivity contribution in [1.82, 2.24) is 15.3 Å². The van der Waals surface area contributed by atoms with Gasteiger partial charge in [0.15, 0.2) is 0 Å². The van der Waals surface area contributed by atoms with E-state index < -0.39 is 0 Å². The first kappa shape index (κ1) is 18.1. The fourth-order valence-corrected chi connectivity index (χ4v) is 3.15. The first-order chi connectivity index (χ1) is 12.7. The third-order valence-electron chi connectivity index (χ3n) is 3.98. The Hall–Kier alpha value is -2.67. The van der Waals surface area contributed by atoms with E-state index in [4.69, 9.17) is 4.74 Å². The summed E-state index contributed by atoms with van der Waals surface area (Å²) in [5, 5.41) is 5.87. The van der Waals surface area contributed by atoms with Crippen molar-refractivity contribution < 1.29 is 9.53 Å². The van der Waals surface area contributed by atoms with Crippen LogP contribution in [0.4, 0.5) is 10.5 Å². The molecule has 1 atom stereocenters. The number of H-pyrrole nitrogens is 1. The average Bonchev–Trinajstić information content (AvgIpc) is 3.09. The maximum Gasteiger partial charge on any atom is 0.319 e. The number of thioether (sulfide) groups is 1. The molecule has 2 amide bonds. The highest BCUT2D eigenvalue weighted by Gasteiger charge is 2.18. The monoisotopic (exact) mass is 370 g/mol. The predicted octanol–water partition coefficient (Wildman–Crippen LogP) is 4.19. The lowest BCUT2D eigenvalue weighted by molar-refractivity contribution is 0.248. The Morgan fingerprint density at radius 2 is 2.12 bits per heavy atom. The van der Waals surface area contributed by atoms with Crippen LogP contribution in [0.2, 0.25) is 0 Å². The molecule has 0 fully saturated rings. The molecule has 0 saturated carbocycles. The highest BCUT2D eigenvalue weighted by molar-refractivity contribution is 7.98. The second-order valence-electron chi connectivity index (χ2n) is 5.80. The molecule has 2 aromatic carbocycles. The molecule has 0 saturated heterocycles. The van der Waals surface area contributed by atoms with Crippen molar-refractivity contribution >= 4 is 34.5 Å². The van der Waals surface area contributed by atoms with Crippen LogP contribution in [-0.4, -0.2) is 35.1 Å². The van der Waals surface area contributed by atoms with Gasteiger partial charge < -0.3 is 20.4 Å². The van der Waals surface area contributed by atoms with Crippen LogP contribution in [0.1, 0.15) is 18.3 Å². The van der Waals surface area contributed by atoms with E-state index >= 15 is 0 Å². The van der Waals surface area contributed by atoms with Crippen molar-refractivity contribution in [3.05, 3.63) is 54.4 Å². The molecule has 0 bridgehead atoms. The minimum Gasteiger partial charge on any atom is -0.497 e. The SMILES string of the molecule is COc1cccc(NC(=O)N[C@H](CCSC)c2nc3ccccc3[nH]2)c1. The summed E-state index contributed by atoms with van der Waals surface area (Å²) >= 11 is 1.74. The normalized spacial score (nSPS) is 11.9. The first-order valence-corrected chi connectivity index (χ1v) is 9.74. The number of hydrogen-bond acceptors (Lipinski definition) is 4. The largest absolute Gasteiger partial charge is 0.497 e. The molecule has 0 unspecified atom stereocenters. The Kier molecular flexibility index (Phi) is 6.01. The van der Waals surface area contributed by atoms with Crippen LogP contribution in [0.25, 0.3) is 11.0 Å². The summed E-state index contributed by atoms with van der Waals surface area (Å²) in [6, 6.07) is 14.6. The van der Waals surface area contributed by atoms with E-state index in [1.165, 1.54) is 0 Å². The van der Waals surface area contributed by atoms with E-state index in [0.717, 1.165) is 29.0 Å². The van der Waals surface area contributed by atoms with E-state index in [9.17, 15) is 4.79 Å². The van der Waals surface area contributed by atoms with Gasteiger partial charge in [0.2, 0.25) is 0 Å². The molecule has 3 N–H and O–H groups in total. The highest BCUT2D eigenvalue weighted by atomic mass is 32.2. The van der Waals surface area contributed by atoms with Crippen LogP contribution in [0.3, 0.4) is 0 Å². The summed E-state index contributed by atoms with van der Waals surface area (Å²) in [6.45, 7) is 0. The van der Waals surface area contributed by atoms with Crippen molar-refractivity contribution in [2.45, 2.75) is 12.5 Å². The molecule has 0 aliphatic heterocycles. The Morgan fingerprint density at radius 1 is 1.27 bits per heavy atom. The third kappa shape index (κ3) is 4.49. The molecular formula is C19H22N4O2S. The molecular weight excluding hydrogens is 348 g/mol. The number of aromatic nitrogens is 2. The quantitative estimate of drug-likeness (QED) is 0.583. The van der Waals surface area contributed by atoms with Gasteiger partial charge in [0, 0.05) is 11.8 Å². The Bertz CT molecular complexity index is 848. The van der Waals surface area contributed by atoms with Crippen molar-refractivity contribution in [3.8, 4) is 5.75 Å². The molecule has 26 heavy (non-hydrogen) atoms. The van der Waals surface area contributed by atoms with E-state index in [2.05, 4.69) is 20.6 Å². The van der Waals surface area contributed by atoms with Crippen LogP contribution in [-0.2, 0) is 0 Å². The summed E-state index contributed by atoms with van der Waals surface area (Å²) in [4.78, 5) is 20.4. The fourth-order valence-electron chi connectivity index (χ4n) is 2.68. The zero-order valence-corrected chi connectivity index (χ0v) is 15.6. The number of methoxy groups -OCH3 is 1. The topological polar surface area (TPSA) is 79.0 Å². The zero-order chi connectivity index (χ0) is 18.4. The molecule has 0 radical (unpaired) electrons. The smallest absolute Gasteiger partial charge is 0.319 e. The minimum atomic E-state index is -0.273. The molecule has 1 aromatic heterocycles. The summed E-state index contributed by atoms with van der Waals surface area (Å²) in [7, 11) is 1.60. The molecule has 3 aromatic rings. The van der Waals surface area contributed by atoms with Crippen LogP contribution in [0.5, 0.6) is 5.75 Å². The van der Waals surface area contributed by atoms with Gasteiger partial charge in [-0.1, -0.05) is 18.2 Å². The van der Waals surface area contributed by atoms with Crippen LogP contribution in [0, 0.1) is 0 Å². The third-order valence-corrected chi connectivity index (χ3v) is 4.63. The Morgan fingerprint density at radius 3 is 2.88 bits per heavy atom. The molecule has 136 valence electrons. The van der Waals surface area contributed by atoms with E-state index in [1.807, 2.05) is 48.7 Å². The number of amides is 2. The van der Waals surface area contributed by atoms with Gasteiger partial charge in [-0.2, -0.15) is 11.8 Å². The van der Waals surface area contributed by atoms with Gasteiger partial charge in [-0.3, -0.25) is 0 Å². The number of para-hydroxylation sites is 2. The van der Waals surface area contributed by atoms with Gasteiger partial charge in [0.25, 0.3) is 0 Å². The van der Waals surface area contributed by atoms with Gasteiger partial charge in [-0.25, -0.2) is 9.78 Å². The lowest BCUT2D eigenvalue weighted by Gasteiger charge is -2.17. The number of urea groups is 1.